The summed E-state index contributed by atoms with van der Waals surface area (Å²) in [5.41, 5.74) is 4.31. The Morgan fingerprint density at radius 3 is 2.57 bits per heavy atom. The minimum atomic E-state index is 0.965. The lowest BCUT2D eigenvalue weighted by molar-refractivity contribution is 0.316. The summed E-state index contributed by atoms with van der Waals surface area (Å²) < 4.78 is 0. The molecule has 1 N–H and O–H groups in total. The van der Waals surface area contributed by atoms with Crippen molar-refractivity contribution >= 4 is 17.7 Å². The third-order valence-electron chi connectivity index (χ3n) is 0.747. The molecule has 0 aliphatic carbocycles. The van der Waals surface area contributed by atoms with E-state index in [-0.39, 0.29) is 0 Å². The van der Waals surface area contributed by atoms with Crippen LogP contribution in [0.2, 0.25) is 0 Å². The van der Waals surface area contributed by atoms with Gasteiger partial charge in [-0.3, -0.25) is 0 Å². The summed E-state index contributed by atoms with van der Waals surface area (Å²) in [7, 11) is 1.93. The highest BCUT2D eigenvalue weighted by molar-refractivity contribution is 7.78. The number of hydrazine groups is 1. The Morgan fingerprint density at radius 2 is 2.43 bits per heavy atom. The summed E-state index contributed by atoms with van der Waals surface area (Å²) in [5.74, 6) is 0. The van der Waals surface area contributed by atoms with Crippen molar-refractivity contribution in [3.63, 3.8) is 0 Å². The summed E-state index contributed by atoms with van der Waals surface area (Å²) in [5, 5.41) is 1.90. The van der Waals surface area contributed by atoms with Crippen LogP contribution in [-0.4, -0.2) is 24.1 Å². The van der Waals surface area contributed by atoms with E-state index in [9.17, 15) is 0 Å². The third-order valence-corrected chi connectivity index (χ3v) is 0.853. The zero-order valence-electron chi connectivity index (χ0n) is 4.64. The Kier molecular flexibility index (Phi) is 3.93. The van der Waals surface area contributed by atoms with Gasteiger partial charge in [-0.25, -0.2) is 5.01 Å². The first kappa shape index (κ1) is 6.85. The van der Waals surface area contributed by atoms with Crippen molar-refractivity contribution in [2.75, 3.05) is 13.6 Å². The van der Waals surface area contributed by atoms with Crippen molar-refractivity contribution in [2.24, 2.45) is 0 Å². The number of nitrogens with one attached hydrogen (secondary N) is 1. The van der Waals surface area contributed by atoms with Gasteiger partial charge in [0.05, 0.1) is 5.49 Å². The summed E-state index contributed by atoms with van der Waals surface area (Å²) >= 11 is 4.52. The molecule has 0 radical (unpaired) electrons. The zero-order valence-corrected chi connectivity index (χ0v) is 5.46. The Hall–Kier alpha value is -0.150. The standard InChI is InChI=1S/C4H10N2S/c1-3-6(2)5-4-7/h4H,3H2,1-2H3,(H,5,7). The van der Waals surface area contributed by atoms with Crippen LogP contribution in [0.4, 0.5) is 0 Å². The molecule has 0 heterocycles. The van der Waals surface area contributed by atoms with E-state index in [0.717, 1.165) is 6.54 Å². The average molecular weight is 118 g/mol. The van der Waals surface area contributed by atoms with E-state index < -0.39 is 0 Å². The topological polar surface area (TPSA) is 15.3 Å². The Morgan fingerprint density at radius 1 is 1.86 bits per heavy atom. The first-order valence-corrected chi connectivity index (χ1v) is 2.69. The molecular formula is C4H10N2S. The fraction of sp³-hybridized carbons (Fsp3) is 0.750. The van der Waals surface area contributed by atoms with Crippen molar-refractivity contribution in [1.29, 1.82) is 0 Å². The molecule has 0 spiro atoms. The van der Waals surface area contributed by atoms with E-state index in [4.69, 9.17) is 0 Å². The van der Waals surface area contributed by atoms with Crippen LogP contribution in [0.1, 0.15) is 6.92 Å². The molecule has 7 heavy (non-hydrogen) atoms. The summed E-state index contributed by atoms with van der Waals surface area (Å²) in [6.07, 6.45) is 0. The normalized spacial score (nSPS) is 9.00. The fourth-order valence-corrected chi connectivity index (χ4v) is 0.361. The van der Waals surface area contributed by atoms with E-state index in [1.165, 1.54) is 5.49 Å². The van der Waals surface area contributed by atoms with Gasteiger partial charge >= 0.3 is 0 Å². The molecule has 0 bridgehead atoms. The smallest absolute Gasteiger partial charge is 0.0759 e. The molecule has 0 atom stereocenters. The third kappa shape index (κ3) is 3.69. The maximum Gasteiger partial charge on any atom is 0.0759 e. The molecule has 0 rings (SSSR count). The molecule has 2 nitrogen and oxygen atoms in total. The minimum absolute atomic E-state index is 0.965. The number of rotatable bonds is 3. The molecule has 0 aliphatic rings. The van der Waals surface area contributed by atoms with Gasteiger partial charge < -0.3 is 5.43 Å². The first-order chi connectivity index (χ1) is 3.31. The van der Waals surface area contributed by atoms with Gasteiger partial charge in [0.2, 0.25) is 0 Å². The molecular weight excluding hydrogens is 108 g/mol. The Labute approximate surface area is 49.5 Å². The molecule has 0 saturated heterocycles. The van der Waals surface area contributed by atoms with Gasteiger partial charge in [-0.05, 0) is 0 Å². The average Bonchev–Trinajstić information content (AvgIpc) is 1.68. The lowest BCUT2D eigenvalue weighted by Gasteiger charge is -2.10. The number of hydrogen-bond acceptors (Lipinski definition) is 2. The maximum absolute atomic E-state index is 4.52. The molecule has 0 aromatic carbocycles. The van der Waals surface area contributed by atoms with Crippen LogP contribution in [0.5, 0.6) is 0 Å². The van der Waals surface area contributed by atoms with E-state index >= 15 is 0 Å². The second kappa shape index (κ2) is 4.02. The maximum atomic E-state index is 4.52. The highest BCUT2D eigenvalue weighted by Crippen LogP contribution is 1.66. The molecule has 3 heteroatoms. The van der Waals surface area contributed by atoms with Crippen LogP contribution < -0.4 is 5.43 Å². The highest BCUT2D eigenvalue weighted by Gasteiger charge is 1.81. The SMILES string of the molecule is CCN(C)NC=S. The van der Waals surface area contributed by atoms with Gasteiger partial charge in [0.25, 0.3) is 0 Å². The van der Waals surface area contributed by atoms with Crippen molar-refractivity contribution in [1.82, 2.24) is 10.4 Å². The second-order valence-corrected chi connectivity index (χ2v) is 1.50. The molecule has 0 saturated carbocycles. The zero-order chi connectivity index (χ0) is 5.70. The summed E-state index contributed by atoms with van der Waals surface area (Å²) in [6, 6.07) is 0. The van der Waals surface area contributed by atoms with Crippen molar-refractivity contribution in [3.8, 4) is 0 Å². The van der Waals surface area contributed by atoms with Crippen molar-refractivity contribution in [3.05, 3.63) is 0 Å². The number of hydrogen-bond donors (Lipinski definition) is 1. The monoisotopic (exact) mass is 118 g/mol. The first-order valence-electron chi connectivity index (χ1n) is 2.22. The minimum Gasteiger partial charge on any atom is -0.316 e. The van der Waals surface area contributed by atoms with Gasteiger partial charge in [-0.15, -0.1) is 0 Å². The lowest BCUT2D eigenvalue weighted by Crippen LogP contribution is -2.31. The second-order valence-electron chi connectivity index (χ2n) is 1.26. The largest absolute Gasteiger partial charge is 0.316 e. The molecule has 0 unspecified atom stereocenters. The quantitative estimate of drug-likeness (QED) is 0.426. The van der Waals surface area contributed by atoms with Crippen LogP contribution in [0.3, 0.4) is 0 Å². The van der Waals surface area contributed by atoms with Crippen LogP contribution in [0, 0.1) is 0 Å². The predicted octanol–water partition coefficient (Wildman–Crippen LogP) is 0.400. The summed E-state index contributed by atoms with van der Waals surface area (Å²) in [6.45, 7) is 3.01. The number of nitrogens with zero attached hydrogens (tertiary/aromatic N) is 1. The molecule has 42 valence electrons. The van der Waals surface area contributed by atoms with Crippen LogP contribution >= 0.6 is 12.2 Å². The van der Waals surface area contributed by atoms with Gasteiger partial charge in [0.1, 0.15) is 0 Å². The van der Waals surface area contributed by atoms with E-state index in [1.54, 1.807) is 0 Å². The van der Waals surface area contributed by atoms with Crippen molar-refractivity contribution < 1.29 is 0 Å². The molecule has 0 aliphatic heterocycles. The number of thiocarbonyl (C=S) groups is 1. The van der Waals surface area contributed by atoms with Gasteiger partial charge in [-0.2, -0.15) is 0 Å². The van der Waals surface area contributed by atoms with E-state index in [0.29, 0.717) is 0 Å². The fourth-order valence-electron chi connectivity index (χ4n) is 0.181. The van der Waals surface area contributed by atoms with Crippen LogP contribution in [-0.2, 0) is 0 Å². The summed E-state index contributed by atoms with van der Waals surface area (Å²) in [4.78, 5) is 0. The molecule has 0 amide bonds. The highest BCUT2D eigenvalue weighted by atomic mass is 32.1. The molecule has 0 fully saturated rings. The Balaban J connectivity index is 2.98. The Bertz CT molecular complexity index is 55.7. The van der Waals surface area contributed by atoms with Gasteiger partial charge in [-0.1, -0.05) is 19.1 Å². The molecule has 0 aromatic heterocycles. The van der Waals surface area contributed by atoms with Crippen molar-refractivity contribution in [2.45, 2.75) is 6.92 Å². The van der Waals surface area contributed by atoms with Crippen LogP contribution in [0.15, 0.2) is 0 Å². The molecule has 0 aromatic rings. The lowest BCUT2D eigenvalue weighted by atomic mass is 10.7. The van der Waals surface area contributed by atoms with Gasteiger partial charge in [0.15, 0.2) is 0 Å². The van der Waals surface area contributed by atoms with Crippen LogP contribution in [0.25, 0.3) is 0 Å². The van der Waals surface area contributed by atoms with Gasteiger partial charge in [0, 0.05) is 13.6 Å². The predicted molar refractivity (Wildman–Crippen MR) is 35.1 cm³/mol. The van der Waals surface area contributed by atoms with E-state index in [2.05, 4.69) is 17.6 Å². The van der Waals surface area contributed by atoms with E-state index in [1.807, 2.05) is 19.0 Å².